The van der Waals surface area contributed by atoms with Gasteiger partial charge in [0.25, 0.3) is 12.3 Å². The molecule has 2 aromatic rings. The molecule has 4 rings (SSSR count). The number of halogens is 4. The SMILES string of the molecule is O=C(Nc1cc(Cl)cc(Cl)c1)c1cnn2c1NC(=C1C=C1)C=C2C(F)F. The number of fused-ring (bicyclic) bond motifs is 1. The second-order valence-electron chi connectivity index (χ2n) is 5.63. The quantitative estimate of drug-likeness (QED) is 0.785. The van der Waals surface area contributed by atoms with E-state index in [4.69, 9.17) is 23.2 Å². The van der Waals surface area contributed by atoms with Crippen LogP contribution in [0.2, 0.25) is 10.0 Å². The number of hydrogen-bond acceptors (Lipinski definition) is 3. The summed E-state index contributed by atoms with van der Waals surface area (Å²) < 4.78 is 27.8. The molecule has 0 spiro atoms. The molecule has 2 N–H and O–H groups in total. The normalized spacial score (nSPS) is 14.9. The molecule has 0 radical (unpaired) electrons. The van der Waals surface area contributed by atoms with Gasteiger partial charge in [0.15, 0.2) is 0 Å². The lowest BCUT2D eigenvalue weighted by Gasteiger charge is -2.20. The maximum atomic E-state index is 13.4. The van der Waals surface area contributed by atoms with Gasteiger partial charge in [0.2, 0.25) is 0 Å². The first-order chi connectivity index (χ1) is 12.4. The summed E-state index contributed by atoms with van der Waals surface area (Å²) in [5, 5.41) is 10.3. The van der Waals surface area contributed by atoms with Crippen molar-refractivity contribution in [3.05, 3.63) is 69.5 Å². The number of nitrogens with zero attached hydrogens (tertiary/aromatic N) is 2. The van der Waals surface area contributed by atoms with E-state index in [9.17, 15) is 13.6 Å². The van der Waals surface area contributed by atoms with Gasteiger partial charge in [-0.3, -0.25) is 4.79 Å². The zero-order chi connectivity index (χ0) is 18.4. The largest absolute Gasteiger partial charge is 0.339 e. The van der Waals surface area contributed by atoms with E-state index in [1.807, 2.05) is 0 Å². The molecule has 1 aliphatic carbocycles. The smallest absolute Gasteiger partial charge is 0.280 e. The number of anilines is 2. The highest BCUT2D eigenvalue weighted by Crippen LogP contribution is 2.34. The van der Waals surface area contributed by atoms with E-state index in [2.05, 4.69) is 15.7 Å². The summed E-state index contributed by atoms with van der Waals surface area (Å²) in [5.41, 5.74) is 1.48. The first kappa shape index (κ1) is 16.8. The molecule has 1 amide bonds. The molecule has 0 saturated heterocycles. The van der Waals surface area contributed by atoms with Gasteiger partial charge in [0.05, 0.1) is 6.20 Å². The van der Waals surface area contributed by atoms with Crippen LogP contribution in [0, 0.1) is 0 Å². The Balaban J connectivity index is 1.68. The number of amides is 1. The second kappa shape index (κ2) is 6.26. The molecular formula is C17H10Cl2F2N4O. The highest BCUT2D eigenvalue weighted by Gasteiger charge is 2.29. The van der Waals surface area contributed by atoms with E-state index in [0.29, 0.717) is 21.4 Å². The van der Waals surface area contributed by atoms with Crippen LogP contribution in [0.1, 0.15) is 10.4 Å². The Morgan fingerprint density at radius 3 is 2.50 bits per heavy atom. The van der Waals surface area contributed by atoms with Crippen LogP contribution in [0.15, 0.2) is 53.9 Å². The summed E-state index contributed by atoms with van der Waals surface area (Å²) >= 11 is 11.8. The third kappa shape index (κ3) is 3.11. The van der Waals surface area contributed by atoms with Crippen molar-refractivity contribution in [1.29, 1.82) is 0 Å². The molecule has 132 valence electrons. The lowest BCUT2D eigenvalue weighted by atomic mass is 10.2. The predicted molar refractivity (Wildman–Crippen MR) is 96.7 cm³/mol. The lowest BCUT2D eigenvalue weighted by molar-refractivity contribution is 0.102. The van der Waals surface area contributed by atoms with Crippen LogP contribution >= 0.6 is 23.2 Å². The van der Waals surface area contributed by atoms with Crippen LogP contribution in [0.4, 0.5) is 20.3 Å². The highest BCUT2D eigenvalue weighted by atomic mass is 35.5. The fourth-order valence-electron chi connectivity index (χ4n) is 2.56. The van der Waals surface area contributed by atoms with Crippen molar-refractivity contribution < 1.29 is 13.6 Å². The summed E-state index contributed by atoms with van der Waals surface area (Å²) in [6.45, 7) is 0. The predicted octanol–water partition coefficient (Wildman–Crippen LogP) is 4.80. The summed E-state index contributed by atoms with van der Waals surface area (Å²) in [7, 11) is 0. The molecule has 26 heavy (non-hydrogen) atoms. The zero-order valence-electron chi connectivity index (χ0n) is 12.9. The fraction of sp³-hybridized carbons (Fsp3) is 0.0588. The van der Waals surface area contributed by atoms with Gasteiger partial charge >= 0.3 is 0 Å². The summed E-state index contributed by atoms with van der Waals surface area (Å²) in [6, 6.07) is 4.59. The van der Waals surface area contributed by atoms with Gasteiger partial charge in [-0.15, -0.1) is 0 Å². The van der Waals surface area contributed by atoms with E-state index in [1.165, 1.54) is 30.5 Å². The number of allylic oxidation sites excluding steroid dienone is 5. The van der Waals surface area contributed by atoms with E-state index in [0.717, 1.165) is 10.3 Å². The van der Waals surface area contributed by atoms with Crippen molar-refractivity contribution in [2.75, 3.05) is 10.6 Å². The maximum Gasteiger partial charge on any atom is 0.280 e. The minimum absolute atomic E-state index is 0.117. The van der Waals surface area contributed by atoms with Gasteiger partial charge in [-0.2, -0.15) is 5.10 Å². The lowest BCUT2D eigenvalue weighted by Crippen LogP contribution is -2.20. The molecule has 0 bridgehead atoms. The van der Waals surface area contributed by atoms with Crippen LogP contribution in [0.3, 0.4) is 0 Å². The number of nitrogens with one attached hydrogen (secondary N) is 2. The van der Waals surface area contributed by atoms with Gasteiger partial charge in [0, 0.05) is 21.4 Å². The Kier molecular flexibility index (Phi) is 4.05. The third-order valence-electron chi connectivity index (χ3n) is 3.79. The maximum absolute atomic E-state index is 13.4. The van der Waals surface area contributed by atoms with Crippen LogP contribution in [0.25, 0.3) is 5.70 Å². The minimum Gasteiger partial charge on any atom is -0.339 e. The third-order valence-corrected chi connectivity index (χ3v) is 4.23. The molecule has 9 heteroatoms. The second-order valence-corrected chi connectivity index (χ2v) is 6.50. The number of rotatable bonds is 3. The molecule has 0 unspecified atom stereocenters. The van der Waals surface area contributed by atoms with Crippen molar-refractivity contribution in [1.82, 2.24) is 9.78 Å². The Morgan fingerprint density at radius 1 is 1.19 bits per heavy atom. The van der Waals surface area contributed by atoms with Gasteiger partial charge in [-0.25, -0.2) is 13.5 Å². The Bertz CT molecular complexity index is 996. The zero-order valence-corrected chi connectivity index (χ0v) is 14.4. The Hall–Kier alpha value is -2.64. The summed E-state index contributed by atoms with van der Waals surface area (Å²) in [4.78, 5) is 12.6. The van der Waals surface area contributed by atoms with Crippen molar-refractivity contribution in [2.24, 2.45) is 0 Å². The van der Waals surface area contributed by atoms with E-state index in [-0.39, 0.29) is 17.1 Å². The molecule has 1 aliphatic heterocycles. The van der Waals surface area contributed by atoms with Crippen LogP contribution in [-0.2, 0) is 0 Å². The molecule has 5 nitrogen and oxygen atoms in total. The van der Waals surface area contributed by atoms with Crippen molar-refractivity contribution in [2.45, 2.75) is 6.43 Å². The van der Waals surface area contributed by atoms with E-state index in [1.54, 1.807) is 12.2 Å². The van der Waals surface area contributed by atoms with Gasteiger partial charge in [-0.05, 0) is 29.8 Å². The molecule has 1 aromatic heterocycles. The molecular weight excluding hydrogens is 385 g/mol. The molecule has 2 aliphatic rings. The van der Waals surface area contributed by atoms with Crippen molar-refractivity contribution >= 4 is 46.3 Å². The first-order valence-corrected chi connectivity index (χ1v) is 8.23. The number of carbonyl (C=O) groups excluding carboxylic acids is 1. The number of carbonyl (C=O) groups is 1. The van der Waals surface area contributed by atoms with Crippen LogP contribution in [-0.4, -0.2) is 22.1 Å². The number of alkyl halides is 2. The van der Waals surface area contributed by atoms with E-state index >= 15 is 0 Å². The topological polar surface area (TPSA) is 59.0 Å². The van der Waals surface area contributed by atoms with Gasteiger partial charge in [0.1, 0.15) is 17.1 Å². The monoisotopic (exact) mass is 394 g/mol. The average molecular weight is 395 g/mol. The first-order valence-electron chi connectivity index (χ1n) is 7.47. The number of hydrogen-bond donors (Lipinski definition) is 2. The van der Waals surface area contributed by atoms with Crippen molar-refractivity contribution in [3.8, 4) is 0 Å². The molecule has 0 saturated carbocycles. The number of benzene rings is 1. The van der Waals surface area contributed by atoms with Crippen molar-refractivity contribution in [3.63, 3.8) is 0 Å². The van der Waals surface area contributed by atoms with Crippen LogP contribution < -0.4 is 10.6 Å². The fourth-order valence-corrected chi connectivity index (χ4v) is 3.09. The summed E-state index contributed by atoms with van der Waals surface area (Å²) in [5.74, 6) is -0.356. The van der Waals surface area contributed by atoms with Crippen LogP contribution in [0.5, 0.6) is 0 Å². The minimum atomic E-state index is -2.74. The molecule has 0 atom stereocenters. The Labute approximate surface area is 156 Å². The summed E-state index contributed by atoms with van der Waals surface area (Å²) in [6.07, 6.45) is 3.36. The van der Waals surface area contributed by atoms with Gasteiger partial charge < -0.3 is 10.6 Å². The van der Waals surface area contributed by atoms with E-state index < -0.39 is 12.3 Å². The molecule has 2 heterocycles. The Morgan fingerprint density at radius 2 is 1.88 bits per heavy atom. The van der Waals surface area contributed by atoms with Gasteiger partial charge in [-0.1, -0.05) is 35.4 Å². The number of aromatic nitrogens is 2. The average Bonchev–Trinajstić information content (AvgIpc) is 3.32. The standard InChI is InChI=1S/C17H10Cl2F2N4O/c18-9-3-10(19)5-11(4-9)23-17(26)12-7-22-25-14(15(20)21)6-13(8-1-2-8)24-16(12)25/h1-7,15,24H,(H,23,26). The molecule has 1 aromatic carbocycles. The molecule has 0 fully saturated rings. The highest BCUT2D eigenvalue weighted by molar-refractivity contribution is 6.35.